The van der Waals surface area contributed by atoms with Crippen LogP contribution in [0.3, 0.4) is 0 Å². The highest BCUT2D eigenvalue weighted by molar-refractivity contribution is 6.00. The number of allylic oxidation sites excluding steroid dienone is 1. The molecule has 0 heterocycles. The summed E-state index contributed by atoms with van der Waals surface area (Å²) in [6.07, 6.45) is 5.87. The summed E-state index contributed by atoms with van der Waals surface area (Å²) in [5, 5.41) is 4.17. The summed E-state index contributed by atoms with van der Waals surface area (Å²) < 4.78 is 11.9. The molecule has 0 unspecified atom stereocenters. The minimum absolute atomic E-state index is 0.501. The molecule has 0 aliphatic heterocycles. The number of hydrogen-bond donors (Lipinski definition) is 0. The Labute approximate surface area is 168 Å². The van der Waals surface area contributed by atoms with Gasteiger partial charge in [0.1, 0.15) is 31.8 Å². The zero-order valence-corrected chi connectivity index (χ0v) is 17.6. The molecule has 0 aliphatic carbocycles. The predicted molar refractivity (Wildman–Crippen MR) is 115 cm³/mol. The minimum Gasteiger partial charge on any atom is -0.490 e. The SMILES string of the molecule is C/C=C/COc1cc(C)c(OCc2cccc(/C(CCC)=N/OC)c2)c(C)c1. The fourth-order valence-electron chi connectivity index (χ4n) is 3.05. The molecule has 0 spiro atoms. The van der Waals surface area contributed by atoms with Gasteiger partial charge in [0.05, 0.1) is 5.71 Å². The van der Waals surface area contributed by atoms with Gasteiger partial charge in [-0.05, 0) is 67.6 Å². The van der Waals surface area contributed by atoms with Crippen LogP contribution in [0.5, 0.6) is 11.5 Å². The van der Waals surface area contributed by atoms with E-state index in [1.165, 1.54) is 0 Å². The second-order valence-electron chi connectivity index (χ2n) is 6.73. The van der Waals surface area contributed by atoms with Crippen molar-refractivity contribution in [3.8, 4) is 11.5 Å². The Balaban J connectivity index is 2.11. The Hall–Kier alpha value is -2.75. The summed E-state index contributed by atoms with van der Waals surface area (Å²) in [5.74, 6) is 1.77. The first-order valence-electron chi connectivity index (χ1n) is 9.76. The summed E-state index contributed by atoms with van der Waals surface area (Å²) in [7, 11) is 1.58. The van der Waals surface area contributed by atoms with Gasteiger partial charge < -0.3 is 14.3 Å². The molecule has 4 heteroatoms. The molecule has 0 aliphatic rings. The highest BCUT2D eigenvalue weighted by Crippen LogP contribution is 2.29. The monoisotopic (exact) mass is 381 g/mol. The standard InChI is InChI=1S/C24H31NO3/c1-6-8-13-27-22-14-18(3)24(19(4)15-22)28-17-20-11-9-12-21(16-20)23(10-7-2)25-26-5/h6,8-9,11-12,14-16H,7,10,13,17H2,1-5H3/b8-6+,25-23+. The molecule has 0 atom stereocenters. The molecule has 2 aromatic carbocycles. The van der Waals surface area contributed by atoms with Crippen LogP contribution in [0.2, 0.25) is 0 Å². The Kier molecular flexibility index (Phi) is 8.60. The van der Waals surface area contributed by atoms with Gasteiger partial charge in [0.25, 0.3) is 0 Å². The smallest absolute Gasteiger partial charge is 0.125 e. The van der Waals surface area contributed by atoms with Crippen LogP contribution < -0.4 is 9.47 Å². The Morgan fingerprint density at radius 1 is 1.07 bits per heavy atom. The second-order valence-corrected chi connectivity index (χ2v) is 6.73. The number of nitrogens with zero attached hydrogens (tertiary/aromatic N) is 1. The van der Waals surface area contributed by atoms with Gasteiger partial charge in [-0.1, -0.05) is 48.9 Å². The summed E-state index contributed by atoms with van der Waals surface area (Å²) in [6.45, 7) is 9.29. The lowest BCUT2D eigenvalue weighted by Gasteiger charge is -2.15. The van der Waals surface area contributed by atoms with Crippen molar-refractivity contribution in [1.82, 2.24) is 0 Å². The molecule has 0 saturated carbocycles. The van der Waals surface area contributed by atoms with Crippen molar-refractivity contribution in [3.63, 3.8) is 0 Å². The van der Waals surface area contributed by atoms with Crippen molar-refractivity contribution in [1.29, 1.82) is 0 Å². The topological polar surface area (TPSA) is 40.0 Å². The molecular formula is C24H31NO3. The average Bonchev–Trinajstić information content (AvgIpc) is 2.68. The predicted octanol–water partition coefficient (Wildman–Crippen LogP) is 5.99. The van der Waals surface area contributed by atoms with E-state index in [0.717, 1.165) is 52.3 Å². The fraction of sp³-hybridized carbons (Fsp3) is 0.375. The quantitative estimate of drug-likeness (QED) is 0.288. The zero-order chi connectivity index (χ0) is 20.4. The van der Waals surface area contributed by atoms with Crippen molar-refractivity contribution >= 4 is 5.71 Å². The van der Waals surface area contributed by atoms with Gasteiger partial charge in [0.15, 0.2) is 0 Å². The van der Waals surface area contributed by atoms with E-state index in [1.54, 1.807) is 7.11 Å². The molecule has 2 rings (SSSR count). The third kappa shape index (κ3) is 6.15. The van der Waals surface area contributed by atoms with Gasteiger partial charge in [-0.2, -0.15) is 0 Å². The van der Waals surface area contributed by atoms with E-state index in [0.29, 0.717) is 13.2 Å². The lowest BCUT2D eigenvalue weighted by atomic mass is 10.0. The molecule has 150 valence electrons. The number of oxime groups is 1. The summed E-state index contributed by atoms with van der Waals surface area (Å²) in [6, 6.07) is 12.3. The molecule has 0 N–H and O–H groups in total. The van der Waals surface area contributed by atoms with E-state index >= 15 is 0 Å². The maximum absolute atomic E-state index is 6.15. The van der Waals surface area contributed by atoms with Crippen LogP contribution in [0.1, 0.15) is 48.9 Å². The first-order valence-corrected chi connectivity index (χ1v) is 9.76. The molecule has 0 amide bonds. The van der Waals surface area contributed by atoms with Gasteiger partial charge in [0, 0.05) is 0 Å². The molecule has 2 aromatic rings. The maximum atomic E-state index is 6.15. The Bertz CT molecular complexity index is 801. The van der Waals surface area contributed by atoms with Crippen molar-refractivity contribution in [3.05, 3.63) is 70.8 Å². The van der Waals surface area contributed by atoms with Crippen LogP contribution in [-0.4, -0.2) is 19.4 Å². The lowest BCUT2D eigenvalue weighted by molar-refractivity contribution is 0.213. The van der Waals surface area contributed by atoms with Crippen LogP contribution in [0.25, 0.3) is 0 Å². The number of rotatable bonds is 10. The molecule has 0 saturated heterocycles. The van der Waals surface area contributed by atoms with Crippen molar-refractivity contribution < 1.29 is 14.3 Å². The fourth-order valence-corrected chi connectivity index (χ4v) is 3.05. The average molecular weight is 382 g/mol. The molecule has 28 heavy (non-hydrogen) atoms. The lowest BCUT2D eigenvalue weighted by Crippen LogP contribution is -2.04. The number of aryl methyl sites for hydroxylation is 2. The first-order chi connectivity index (χ1) is 13.6. The molecule has 0 bridgehead atoms. The highest BCUT2D eigenvalue weighted by Gasteiger charge is 2.09. The van der Waals surface area contributed by atoms with Gasteiger partial charge in [-0.15, -0.1) is 0 Å². The van der Waals surface area contributed by atoms with E-state index < -0.39 is 0 Å². The number of hydrogen-bond acceptors (Lipinski definition) is 4. The maximum Gasteiger partial charge on any atom is 0.125 e. The van der Waals surface area contributed by atoms with Crippen LogP contribution >= 0.6 is 0 Å². The van der Waals surface area contributed by atoms with Crippen LogP contribution in [0, 0.1) is 13.8 Å². The van der Waals surface area contributed by atoms with Gasteiger partial charge in [-0.3, -0.25) is 0 Å². The van der Waals surface area contributed by atoms with E-state index in [2.05, 4.69) is 30.3 Å². The molecule has 0 radical (unpaired) electrons. The summed E-state index contributed by atoms with van der Waals surface area (Å²) in [4.78, 5) is 5.00. The first kappa shape index (κ1) is 21.5. The van der Waals surface area contributed by atoms with Crippen molar-refractivity contribution in [2.24, 2.45) is 5.16 Å². The number of benzene rings is 2. The minimum atomic E-state index is 0.501. The van der Waals surface area contributed by atoms with Crippen molar-refractivity contribution in [2.75, 3.05) is 13.7 Å². The molecule has 0 fully saturated rings. The third-order valence-electron chi connectivity index (χ3n) is 4.35. The van der Waals surface area contributed by atoms with E-state index in [9.17, 15) is 0 Å². The molecule has 4 nitrogen and oxygen atoms in total. The summed E-state index contributed by atoms with van der Waals surface area (Å²) >= 11 is 0. The normalized spacial score (nSPS) is 11.7. The van der Waals surface area contributed by atoms with Crippen LogP contribution in [-0.2, 0) is 11.4 Å². The number of ether oxygens (including phenoxy) is 2. The van der Waals surface area contributed by atoms with Crippen LogP contribution in [0.15, 0.2) is 53.7 Å². The summed E-state index contributed by atoms with van der Waals surface area (Å²) in [5.41, 5.74) is 5.27. The van der Waals surface area contributed by atoms with Crippen molar-refractivity contribution in [2.45, 2.75) is 47.1 Å². The van der Waals surface area contributed by atoms with Gasteiger partial charge in [-0.25, -0.2) is 0 Å². The van der Waals surface area contributed by atoms with E-state index in [1.807, 2.05) is 51.1 Å². The van der Waals surface area contributed by atoms with Gasteiger partial charge in [0.2, 0.25) is 0 Å². The third-order valence-corrected chi connectivity index (χ3v) is 4.35. The zero-order valence-electron chi connectivity index (χ0n) is 17.6. The molecule has 0 aromatic heterocycles. The van der Waals surface area contributed by atoms with E-state index in [4.69, 9.17) is 14.3 Å². The second kappa shape index (κ2) is 11.2. The van der Waals surface area contributed by atoms with Crippen LogP contribution in [0.4, 0.5) is 0 Å². The molecular weight excluding hydrogens is 350 g/mol. The largest absolute Gasteiger partial charge is 0.490 e. The highest BCUT2D eigenvalue weighted by atomic mass is 16.6. The Morgan fingerprint density at radius 3 is 2.46 bits per heavy atom. The van der Waals surface area contributed by atoms with E-state index in [-0.39, 0.29) is 0 Å². The van der Waals surface area contributed by atoms with Gasteiger partial charge >= 0.3 is 0 Å². The Morgan fingerprint density at radius 2 is 1.82 bits per heavy atom.